The summed E-state index contributed by atoms with van der Waals surface area (Å²) in [6, 6.07) is 19.3. The Morgan fingerprint density at radius 3 is 1.26 bits per heavy atom. The Hall–Kier alpha value is -2.08. The zero-order valence-corrected chi connectivity index (χ0v) is 14.6. The van der Waals surface area contributed by atoms with Crippen LogP contribution in [0.4, 0.5) is 0 Å². The van der Waals surface area contributed by atoms with E-state index in [1.807, 2.05) is 60.7 Å². The third-order valence-electron chi connectivity index (χ3n) is 2.48. The van der Waals surface area contributed by atoms with Crippen LogP contribution in [-0.4, -0.2) is 11.6 Å². The number of hydrogen-bond donors (Lipinski definition) is 0. The first kappa shape index (κ1) is 20.9. The fraction of sp³-hybridized carbons (Fsp3) is 0.100. The van der Waals surface area contributed by atoms with Gasteiger partial charge in [-0.15, -0.1) is 24.3 Å². The van der Waals surface area contributed by atoms with Crippen LogP contribution in [0.5, 0.6) is 0 Å². The maximum atomic E-state index is 10.5. The second-order valence-corrected chi connectivity index (χ2v) is 4.51. The van der Waals surface area contributed by atoms with E-state index in [9.17, 15) is 9.59 Å². The fourth-order valence-electron chi connectivity index (χ4n) is 1.47. The molecular formula is C20H18O2Pd. The maximum Gasteiger partial charge on any atom is 2.00 e. The number of ketones is 2. The molecule has 2 nitrogen and oxygen atoms in total. The predicted molar refractivity (Wildman–Crippen MR) is 89.7 cm³/mol. The molecule has 0 fully saturated rings. The van der Waals surface area contributed by atoms with Gasteiger partial charge in [0.05, 0.1) is 11.6 Å². The van der Waals surface area contributed by atoms with E-state index < -0.39 is 0 Å². The Morgan fingerprint density at radius 2 is 1.00 bits per heavy atom. The quantitative estimate of drug-likeness (QED) is 0.441. The molecule has 3 heteroatoms. The first-order valence-corrected chi connectivity index (χ1v) is 6.88. The van der Waals surface area contributed by atoms with Crippen LogP contribution in [0, 0.1) is 12.2 Å². The van der Waals surface area contributed by atoms with E-state index in [4.69, 9.17) is 0 Å². The van der Waals surface area contributed by atoms with E-state index in [0.717, 1.165) is 11.1 Å². The monoisotopic (exact) mass is 396 g/mol. The molecule has 0 aliphatic heterocycles. The van der Waals surface area contributed by atoms with E-state index in [1.54, 1.807) is 12.2 Å². The van der Waals surface area contributed by atoms with Crippen molar-refractivity contribution < 1.29 is 30.0 Å². The van der Waals surface area contributed by atoms with E-state index in [1.165, 1.54) is 13.8 Å². The molecule has 0 aromatic heterocycles. The summed E-state index contributed by atoms with van der Waals surface area (Å²) in [6.45, 7) is 2.97. The van der Waals surface area contributed by atoms with Crippen LogP contribution in [0.1, 0.15) is 25.0 Å². The van der Waals surface area contributed by atoms with Crippen molar-refractivity contribution >= 4 is 23.7 Å². The number of benzene rings is 2. The largest absolute Gasteiger partial charge is 2.00 e. The summed E-state index contributed by atoms with van der Waals surface area (Å²) >= 11 is 0. The minimum absolute atomic E-state index is 0. The maximum absolute atomic E-state index is 10.5. The Bertz CT molecular complexity index is 584. The van der Waals surface area contributed by atoms with Crippen molar-refractivity contribution in [3.63, 3.8) is 0 Å². The molecule has 2 aromatic carbocycles. The standard InChI is InChI=1S/2C10H9O.Pd/c2*1-9(11)7-8-10-5-3-2-4-6-10;/h2*2-6,8H,1H3;/q2*-1;+2. The summed E-state index contributed by atoms with van der Waals surface area (Å²) in [5, 5.41) is 0. The molecule has 0 N–H and O–H groups in total. The van der Waals surface area contributed by atoms with Crippen molar-refractivity contribution in [2.45, 2.75) is 13.8 Å². The molecule has 23 heavy (non-hydrogen) atoms. The van der Waals surface area contributed by atoms with Gasteiger partial charge in [0.15, 0.2) is 0 Å². The first-order valence-electron chi connectivity index (χ1n) is 6.88. The molecule has 0 atom stereocenters. The van der Waals surface area contributed by atoms with Gasteiger partial charge < -0.3 is 9.59 Å². The first-order chi connectivity index (χ1) is 10.6. The number of hydrogen-bond acceptors (Lipinski definition) is 2. The predicted octanol–water partition coefficient (Wildman–Crippen LogP) is 4.18. The Morgan fingerprint density at radius 1 is 0.696 bits per heavy atom. The third-order valence-corrected chi connectivity index (χ3v) is 2.48. The van der Waals surface area contributed by atoms with E-state index in [2.05, 4.69) is 12.2 Å². The van der Waals surface area contributed by atoms with Gasteiger partial charge in [-0.05, 0) is 13.8 Å². The van der Waals surface area contributed by atoms with Crippen LogP contribution >= 0.6 is 0 Å². The number of carbonyl (C=O) groups is 2. The second-order valence-electron chi connectivity index (χ2n) is 4.51. The zero-order chi connectivity index (χ0) is 16.2. The summed E-state index contributed by atoms with van der Waals surface area (Å²) in [4.78, 5) is 20.9. The van der Waals surface area contributed by atoms with Crippen LogP contribution in [0.25, 0.3) is 12.2 Å². The van der Waals surface area contributed by atoms with Crippen molar-refractivity contribution in [1.82, 2.24) is 0 Å². The average Bonchev–Trinajstić information content (AvgIpc) is 2.53. The Labute approximate surface area is 151 Å². The average molecular weight is 397 g/mol. The van der Waals surface area contributed by atoms with Gasteiger partial charge in [-0.3, -0.25) is 0 Å². The van der Waals surface area contributed by atoms with E-state index in [-0.39, 0.29) is 32.0 Å². The number of Topliss-reactive ketones (excluding diaryl/α,β-unsaturated/α-hetero) is 2. The van der Waals surface area contributed by atoms with Gasteiger partial charge >= 0.3 is 20.4 Å². The fourth-order valence-corrected chi connectivity index (χ4v) is 1.47. The van der Waals surface area contributed by atoms with Gasteiger partial charge in [0, 0.05) is 0 Å². The van der Waals surface area contributed by atoms with Crippen molar-refractivity contribution in [2.75, 3.05) is 0 Å². The van der Waals surface area contributed by atoms with Gasteiger partial charge in [0.2, 0.25) is 0 Å². The summed E-state index contributed by atoms with van der Waals surface area (Å²) in [6.07, 6.45) is 8.56. The molecular weight excluding hydrogens is 379 g/mol. The van der Waals surface area contributed by atoms with Gasteiger partial charge in [-0.25, -0.2) is 24.3 Å². The van der Waals surface area contributed by atoms with Crippen LogP contribution in [0.15, 0.2) is 60.7 Å². The molecule has 0 saturated heterocycles. The van der Waals surface area contributed by atoms with Crippen LogP contribution in [-0.2, 0) is 30.0 Å². The smallest absolute Gasteiger partial charge is 0.317 e. The molecule has 0 bridgehead atoms. The normalized spacial score (nSPS) is 9.83. The minimum atomic E-state index is -0.0474. The van der Waals surface area contributed by atoms with E-state index in [0.29, 0.717) is 0 Å². The summed E-state index contributed by atoms with van der Waals surface area (Å²) in [5.74, 6) is -0.0947. The van der Waals surface area contributed by atoms with Crippen LogP contribution < -0.4 is 0 Å². The van der Waals surface area contributed by atoms with Crippen molar-refractivity contribution in [3.05, 3.63) is 83.9 Å². The molecule has 0 aliphatic rings. The minimum Gasteiger partial charge on any atom is -0.317 e. The van der Waals surface area contributed by atoms with Gasteiger partial charge in [0.1, 0.15) is 0 Å². The molecule has 0 aliphatic carbocycles. The SMILES string of the molecule is CC(=O)[C-]=Cc1ccccc1.CC(=O)[C-]=Cc1ccccc1.[Pd+2]. The van der Waals surface area contributed by atoms with Crippen molar-refractivity contribution in [1.29, 1.82) is 0 Å². The van der Waals surface area contributed by atoms with Crippen LogP contribution in [0.3, 0.4) is 0 Å². The number of allylic oxidation sites excluding steroid dienone is 2. The second kappa shape index (κ2) is 12.5. The summed E-state index contributed by atoms with van der Waals surface area (Å²) in [7, 11) is 0. The van der Waals surface area contributed by atoms with Crippen molar-refractivity contribution in [3.8, 4) is 0 Å². The number of rotatable bonds is 4. The Kier molecular flexibility index (Phi) is 11.3. The van der Waals surface area contributed by atoms with Gasteiger partial charge in [0.25, 0.3) is 0 Å². The Balaban J connectivity index is 0.000000403. The zero-order valence-electron chi connectivity index (χ0n) is 13.1. The van der Waals surface area contributed by atoms with Crippen molar-refractivity contribution in [2.24, 2.45) is 0 Å². The third kappa shape index (κ3) is 11.2. The molecule has 2 aromatic rings. The van der Waals surface area contributed by atoms with Crippen LogP contribution in [0.2, 0.25) is 0 Å². The number of carbonyl (C=O) groups excluding carboxylic acids is 2. The summed E-state index contributed by atoms with van der Waals surface area (Å²) < 4.78 is 0. The van der Waals surface area contributed by atoms with Gasteiger partial charge in [-0.2, -0.15) is 11.1 Å². The van der Waals surface area contributed by atoms with E-state index >= 15 is 0 Å². The molecule has 2 rings (SSSR count). The molecule has 0 radical (unpaired) electrons. The van der Waals surface area contributed by atoms with Gasteiger partial charge in [-0.1, -0.05) is 36.4 Å². The topological polar surface area (TPSA) is 34.1 Å². The molecule has 0 heterocycles. The molecule has 0 unspecified atom stereocenters. The molecule has 0 amide bonds. The molecule has 120 valence electrons. The molecule has 0 spiro atoms. The summed E-state index contributed by atoms with van der Waals surface area (Å²) in [5.41, 5.74) is 2.01. The molecule has 0 saturated carbocycles.